The number of carbonyl (C=O) groups excluding carboxylic acids is 1. The van der Waals surface area contributed by atoms with E-state index >= 15 is 0 Å². The van der Waals surface area contributed by atoms with Crippen LogP contribution in [0.1, 0.15) is 66.9 Å². The predicted molar refractivity (Wildman–Crippen MR) is 155 cm³/mol. The number of rotatable bonds is 6. The fourth-order valence-electron chi connectivity index (χ4n) is 5.18. The van der Waals surface area contributed by atoms with E-state index in [-0.39, 0.29) is 11.3 Å². The lowest BCUT2D eigenvalue weighted by atomic mass is 9.72. The molecule has 38 heavy (non-hydrogen) atoms. The number of hydrogen-bond donors (Lipinski definition) is 1. The van der Waals surface area contributed by atoms with E-state index in [0.29, 0.717) is 34.3 Å². The van der Waals surface area contributed by atoms with E-state index < -0.39 is 0 Å². The highest BCUT2D eigenvalue weighted by atomic mass is 32.1. The quantitative estimate of drug-likeness (QED) is 0.278. The topological polar surface area (TPSA) is 75.0 Å². The molecule has 6 heteroatoms. The standard InChI is InChI=1S/C32H33N3O2S/c1-5-15-37-22-10-8-9-20(16-22)28-18-25(23-11-6-7-12-27(23)34-28)30(36)35-31-26(19-33)24-14-13-21(32(2,3)4)17-29(24)38-31/h6-12,16,18,21H,5,13-15,17H2,1-4H3,(H,35,36)/t21-/m0/s1. The third kappa shape index (κ3) is 5.16. The van der Waals surface area contributed by atoms with Gasteiger partial charge in [-0.2, -0.15) is 5.26 Å². The second-order valence-corrected chi connectivity index (χ2v) is 12.1. The number of nitriles is 1. The van der Waals surface area contributed by atoms with Crippen molar-refractivity contribution in [1.29, 1.82) is 5.26 Å². The number of amides is 1. The first-order valence-corrected chi connectivity index (χ1v) is 14.1. The molecule has 1 N–H and O–H groups in total. The van der Waals surface area contributed by atoms with Crippen LogP contribution < -0.4 is 10.1 Å². The van der Waals surface area contributed by atoms with Crippen molar-refractivity contribution in [3.05, 3.63) is 76.2 Å². The molecule has 0 saturated carbocycles. The van der Waals surface area contributed by atoms with E-state index in [1.807, 2.05) is 54.6 Å². The molecule has 1 amide bonds. The molecule has 0 unspecified atom stereocenters. The zero-order chi connectivity index (χ0) is 26.9. The monoisotopic (exact) mass is 523 g/mol. The Balaban J connectivity index is 1.51. The number of carbonyl (C=O) groups is 1. The van der Waals surface area contributed by atoms with Crippen molar-refractivity contribution in [2.24, 2.45) is 11.3 Å². The van der Waals surface area contributed by atoms with Crippen LogP contribution in [0.3, 0.4) is 0 Å². The number of fused-ring (bicyclic) bond motifs is 2. The summed E-state index contributed by atoms with van der Waals surface area (Å²) in [6.45, 7) is 9.56. The van der Waals surface area contributed by atoms with Gasteiger partial charge in [0.05, 0.1) is 28.9 Å². The fourth-order valence-corrected chi connectivity index (χ4v) is 6.45. The normalized spacial score (nSPS) is 15.1. The highest BCUT2D eigenvalue weighted by Gasteiger charge is 2.32. The highest BCUT2D eigenvalue weighted by Crippen LogP contribution is 2.44. The molecule has 0 bridgehead atoms. The van der Waals surface area contributed by atoms with Crippen molar-refractivity contribution in [3.63, 3.8) is 0 Å². The van der Waals surface area contributed by atoms with Gasteiger partial charge < -0.3 is 10.1 Å². The summed E-state index contributed by atoms with van der Waals surface area (Å²) in [7, 11) is 0. The van der Waals surface area contributed by atoms with Crippen molar-refractivity contribution in [2.45, 2.75) is 53.4 Å². The maximum absolute atomic E-state index is 13.8. The number of aromatic nitrogens is 1. The highest BCUT2D eigenvalue weighted by molar-refractivity contribution is 7.16. The predicted octanol–water partition coefficient (Wildman–Crippen LogP) is 8.03. The molecule has 1 aliphatic carbocycles. The first-order valence-electron chi connectivity index (χ1n) is 13.3. The molecular formula is C32H33N3O2S. The summed E-state index contributed by atoms with van der Waals surface area (Å²) in [5.41, 5.74) is 4.80. The van der Waals surface area contributed by atoms with Crippen molar-refractivity contribution < 1.29 is 9.53 Å². The largest absolute Gasteiger partial charge is 0.494 e. The van der Waals surface area contributed by atoms with Crippen molar-refractivity contribution in [3.8, 4) is 23.1 Å². The Bertz CT molecular complexity index is 1540. The van der Waals surface area contributed by atoms with Crippen LogP contribution in [0.4, 0.5) is 5.00 Å². The third-order valence-electron chi connectivity index (χ3n) is 7.39. The minimum atomic E-state index is -0.231. The summed E-state index contributed by atoms with van der Waals surface area (Å²) in [5.74, 6) is 1.11. The summed E-state index contributed by atoms with van der Waals surface area (Å²) in [6, 6.07) is 19.7. The Kier molecular flexibility index (Phi) is 7.23. The van der Waals surface area contributed by atoms with Gasteiger partial charge in [-0.3, -0.25) is 4.79 Å². The van der Waals surface area contributed by atoms with Gasteiger partial charge in [0.2, 0.25) is 0 Å². The smallest absolute Gasteiger partial charge is 0.257 e. The molecule has 2 heterocycles. The molecule has 0 spiro atoms. The number of hydrogen-bond acceptors (Lipinski definition) is 5. The maximum Gasteiger partial charge on any atom is 0.257 e. The molecule has 5 rings (SSSR count). The maximum atomic E-state index is 13.8. The first-order chi connectivity index (χ1) is 18.3. The number of nitrogens with one attached hydrogen (secondary N) is 1. The SMILES string of the molecule is CCCOc1cccc(-c2cc(C(=O)Nc3sc4c(c3C#N)CC[C@H](C(C)(C)C)C4)c3ccccc3n2)c1. The Morgan fingerprint density at radius 2 is 2.00 bits per heavy atom. The molecule has 194 valence electrons. The number of para-hydroxylation sites is 1. The van der Waals surface area contributed by atoms with Crippen molar-refractivity contribution in [1.82, 2.24) is 4.98 Å². The van der Waals surface area contributed by atoms with Gasteiger partial charge in [-0.25, -0.2) is 4.98 Å². The van der Waals surface area contributed by atoms with Crippen LogP contribution in [0.15, 0.2) is 54.6 Å². The molecule has 2 aromatic carbocycles. The lowest BCUT2D eigenvalue weighted by molar-refractivity contribution is 0.102. The van der Waals surface area contributed by atoms with E-state index in [9.17, 15) is 10.1 Å². The zero-order valence-electron chi connectivity index (χ0n) is 22.4. The molecule has 5 nitrogen and oxygen atoms in total. The third-order valence-corrected chi connectivity index (χ3v) is 8.56. The van der Waals surface area contributed by atoms with Crippen LogP contribution in [-0.4, -0.2) is 17.5 Å². The first kappa shape index (κ1) is 25.9. The van der Waals surface area contributed by atoms with Gasteiger partial charge in [-0.15, -0.1) is 11.3 Å². The Morgan fingerprint density at radius 3 is 2.76 bits per heavy atom. The van der Waals surface area contributed by atoms with E-state index in [1.165, 1.54) is 4.88 Å². The second-order valence-electron chi connectivity index (χ2n) is 11.0. The van der Waals surface area contributed by atoms with Crippen molar-refractivity contribution in [2.75, 3.05) is 11.9 Å². The molecule has 2 aromatic heterocycles. The molecular weight excluding hydrogens is 490 g/mol. The van der Waals surface area contributed by atoms with Gasteiger partial charge in [0.25, 0.3) is 5.91 Å². The van der Waals surface area contributed by atoms with Gasteiger partial charge in [-0.1, -0.05) is 58.0 Å². The number of anilines is 1. The van der Waals surface area contributed by atoms with Gasteiger partial charge in [0.1, 0.15) is 16.8 Å². The summed E-state index contributed by atoms with van der Waals surface area (Å²) in [6.07, 6.45) is 3.82. The minimum absolute atomic E-state index is 0.211. The van der Waals surface area contributed by atoms with Crippen LogP contribution in [0.5, 0.6) is 5.75 Å². The molecule has 0 fully saturated rings. The van der Waals surface area contributed by atoms with E-state index in [0.717, 1.165) is 53.5 Å². The van der Waals surface area contributed by atoms with Gasteiger partial charge in [0.15, 0.2) is 0 Å². The lowest BCUT2D eigenvalue weighted by Gasteiger charge is -2.33. The Labute approximate surface area is 228 Å². The van der Waals surface area contributed by atoms with Gasteiger partial charge in [0, 0.05) is 15.8 Å². The summed E-state index contributed by atoms with van der Waals surface area (Å²) < 4.78 is 5.82. The number of pyridine rings is 1. The van der Waals surface area contributed by atoms with Crippen LogP contribution in [0.25, 0.3) is 22.2 Å². The molecule has 1 aliphatic rings. The molecule has 0 radical (unpaired) electrons. The van der Waals surface area contributed by atoms with Crippen LogP contribution in [0.2, 0.25) is 0 Å². The Hall–Kier alpha value is -3.69. The number of thiophene rings is 1. The summed E-state index contributed by atoms with van der Waals surface area (Å²) in [5, 5.41) is 14.5. The van der Waals surface area contributed by atoms with E-state index in [4.69, 9.17) is 9.72 Å². The summed E-state index contributed by atoms with van der Waals surface area (Å²) in [4.78, 5) is 19.8. The minimum Gasteiger partial charge on any atom is -0.494 e. The van der Waals surface area contributed by atoms with Gasteiger partial charge >= 0.3 is 0 Å². The average Bonchev–Trinajstić information content (AvgIpc) is 3.27. The number of nitrogens with zero attached hydrogens (tertiary/aromatic N) is 2. The second kappa shape index (κ2) is 10.6. The fraction of sp³-hybridized carbons (Fsp3) is 0.344. The number of ether oxygens (including phenoxy) is 1. The lowest BCUT2D eigenvalue weighted by Crippen LogP contribution is -2.26. The van der Waals surface area contributed by atoms with Gasteiger partial charge in [-0.05, 0) is 66.8 Å². The van der Waals surface area contributed by atoms with E-state index in [1.54, 1.807) is 11.3 Å². The zero-order valence-corrected chi connectivity index (χ0v) is 23.2. The molecule has 1 atom stereocenters. The number of benzene rings is 2. The molecule has 0 aliphatic heterocycles. The van der Waals surface area contributed by atoms with E-state index in [2.05, 4.69) is 39.1 Å². The van der Waals surface area contributed by atoms with Crippen molar-refractivity contribution >= 4 is 33.1 Å². The average molecular weight is 524 g/mol. The summed E-state index contributed by atoms with van der Waals surface area (Å²) >= 11 is 1.56. The van der Waals surface area contributed by atoms with Crippen LogP contribution >= 0.6 is 11.3 Å². The molecule has 0 saturated heterocycles. The van der Waals surface area contributed by atoms with Crippen LogP contribution in [-0.2, 0) is 12.8 Å². The molecule has 4 aromatic rings. The van der Waals surface area contributed by atoms with Crippen LogP contribution in [0, 0.1) is 22.7 Å². The Morgan fingerprint density at radius 1 is 1.18 bits per heavy atom.